The first-order valence-corrected chi connectivity index (χ1v) is 5.85. The van der Waals surface area contributed by atoms with E-state index in [1.165, 1.54) is 0 Å². The van der Waals surface area contributed by atoms with Crippen LogP contribution in [0.2, 0.25) is 0 Å². The number of ether oxygens (including phenoxy) is 1. The zero-order valence-corrected chi connectivity index (χ0v) is 10.6. The normalized spacial score (nSPS) is 12.2. The van der Waals surface area contributed by atoms with Gasteiger partial charge >= 0.3 is 5.97 Å². The van der Waals surface area contributed by atoms with Crippen LogP contribution in [0.4, 0.5) is 0 Å². The van der Waals surface area contributed by atoms with Crippen LogP contribution in [0.25, 0.3) is 0 Å². The molecule has 0 fully saturated rings. The Hall–Kier alpha value is -0.830. The first-order chi connectivity index (χ1) is 7.11. The Morgan fingerprint density at radius 1 is 1.40 bits per heavy atom. The van der Waals surface area contributed by atoms with Crippen molar-refractivity contribution in [2.24, 2.45) is 0 Å². The monoisotopic (exact) mass is 270 g/mol. The molecule has 1 atom stereocenters. The van der Waals surface area contributed by atoms with E-state index in [4.69, 9.17) is 4.74 Å². The number of hydrogen-bond donors (Lipinski definition) is 0. The molecule has 0 saturated heterocycles. The summed E-state index contributed by atoms with van der Waals surface area (Å²) in [6, 6.07) is 7.68. The van der Waals surface area contributed by atoms with Crippen LogP contribution in [0.5, 0.6) is 0 Å². The van der Waals surface area contributed by atoms with Crippen molar-refractivity contribution in [2.75, 3.05) is 0 Å². The molecule has 0 aromatic heterocycles. The lowest BCUT2D eigenvalue weighted by atomic mass is 10.1. The van der Waals surface area contributed by atoms with Crippen LogP contribution in [-0.4, -0.2) is 12.1 Å². The third kappa shape index (κ3) is 4.47. The fourth-order valence-electron chi connectivity index (χ4n) is 1.12. The van der Waals surface area contributed by atoms with E-state index in [-0.39, 0.29) is 12.1 Å². The number of esters is 1. The predicted octanol–water partition coefficient (Wildman–Crippen LogP) is 3.33. The summed E-state index contributed by atoms with van der Waals surface area (Å²) in [4.78, 5) is 11.4. The van der Waals surface area contributed by atoms with Crippen molar-refractivity contribution < 1.29 is 9.53 Å². The highest BCUT2D eigenvalue weighted by molar-refractivity contribution is 9.10. The zero-order chi connectivity index (χ0) is 11.3. The molecule has 0 N–H and O–H groups in total. The summed E-state index contributed by atoms with van der Waals surface area (Å²) in [5.74, 6) is -0.160. The molecule has 0 amide bonds. The lowest BCUT2D eigenvalue weighted by Gasteiger charge is -2.10. The molecule has 1 rings (SSSR count). The molecule has 3 heteroatoms. The van der Waals surface area contributed by atoms with Crippen molar-refractivity contribution >= 4 is 21.9 Å². The molecule has 1 aromatic rings. The van der Waals surface area contributed by atoms with Crippen molar-refractivity contribution in [3.05, 3.63) is 34.3 Å². The summed E-state index contributed by atoms with van der Waals surface area (Å²) in [6.45, 7) is 3.90. The number of carbonyl (C=O) groups excluding carboxylic acids is 1. The number of halogens is 1. The van der Waals surface area contributed by atoms with Crippen LogP contribution < -0.4 is 0 Å². The van der Waals surface area contributed by atoms with E-state index in [9.17, 15) is 4.79 Å². The van der Waals surface area contributed by atoms with Crippen molar-refractivity contribution in [1.29, 1.82) is 0 Å². The van der Waals surface area contributed by atoms with E-state index >= 15 is 0 Å². The van der Waals surface area contributed by atoms with Crippen LogP contribution in [0.1, 0.15) is 25.8 Å². The van der Waals surface area contributed by atoms with Gasteiger partial charge in [-0.3, -0.25) is 4.79 Å². The molecule has 0 saturated carbocycles. The molecular formula is C12H15BrO2. The van der Waals surface area contributed by atoms with E-state index in [0.29, 0.717) is 6.42 Å². The van der Waals surface area contributed by atoms with Gasteiger partial charge in [0.25, 0.3) is 0 Å². The minimum absolute atomic E-state index is 0.00736. The Kier molecular flexibility index (Phi) is 4.82. The van der Waals surface area contributed by atoms with Gasteiger partial charge in [0.15, 0.2) is 0 Å². The van der Waals surface area contributed by atoms with Gasteiger partial charge in [0, 0.05) is 4.47 Å². The lowest BCUT2D eigenvalue weighted by Crippen LogP contribution is -2.15. The standard InChI is InChI=1S/C12H15BrO2/c1-3-9(2)15-12(14)8-10-4-6-11(13)7-5-10/h4-7,9H,3,8H2,1-2H3. The van der Waals surface area contributed by atoms with Crippen LogP contribution in [-0.2, 0) is 16.0 Å². The summed E-state index contributed by atoms with van der Waals surface area (Å²) in [5.41, 5.74) is 0.978. The molecule has 0 aliphatic heterocycles. The van der Waals surface area contributed by atoms with Gasteiger partial charge in [0.05, 0.1) is 12.5 Å². The van der Waals surface area contributed by atoms with Gasteiger partial charge in [-0.25, -0.2) is 0 Å². The second-order valence-corrected chi connectivity index (χ2v) is 4.43. The Balaban J connectivity index is 2.48. The predicted molar refractivity (Wildman–Crippen MR) is 63.7 cm³/mol. The van der Waals surface area contributed by atoms with Gasteiger partial charge in [-0.1, -0.05) is 35.0 Å². The van der Waals surface area contributed by atoms with E-state index < -0.39 is 0 Å². The zero-order valence-electron chi connectivity index (χ0n) is 9.00. The summed E-state index contributed by atoms with van der Waals surface area (Å²) in [6.07, 6.45) is 1.21. The lowest BCUT2D eigenvalue weighted by molar-refractivity contribution is -0.147. The van der Waals surface area contributed by atoms with Crippen LogP contribution in [0.15, 0.2) is 28.7 Å². The van der Waals surface area contributed by atoms with E-state index in [1.807, 2.05) is 38.1 Å². The highest BCUT2D eigenvalue weighted by atomic mass is 79.9. The molecular weight excluding hydrogens is 256 g/mol. The molecule has 15 heavy (non-hydrogen) atoms. The van der Waals surface area contributed by atoms with Gasteiger partial charge < -0.3 is 4.74 Å². The average molecular weight is 271 g/mol. The van der Waals surface area contributed by atoms with Crippen molar-refractivity contribution in [2.45, 2.75) is 32.8 Å². The molecule has 0 aliphatic carbocycles. The molecule has 0 spiro atoms. The van der Waals surface area contributed by atoms with Gasteiger partial charge in [-0.2, -0.15) is 0 Å². The summed E-state index contributed by atoms with van der Waals surface area (Å²) >= 11 is 3.35. The van der Waals surface area contributed by atoms with Crippen molar-refractivity contribution in [3.63, 3.8) is 0 Å². The fourth-order valence-corrected chi connectivity index (χ4v) is 1.38. The van der Waals surface area contributed by atoms with Crippen molar-refractivity contribution in [3.8, 4) is 0 Å². The SMILES string of the molecule is CCC(C)OC(=O)Cc1ccc(Br)cc1. The topological polar surface area (TPSA) is 26.3 Å². The molecule has 0 aliphatic rings. The first kappa shape index (κ1) is 12.2. The van der Waals surface area contributed by atoms with E-state index in [1.54, 1.807) is 0 Å². The summed E-state index contributed by atoms with van der Waals surface area (Å²) in [7, 11) is 0. The number of rotatable bonds is 4. The molecule has 1 unspecified atom stereocenters. The summed E-state index contributed by atoms with van der Waals surface area (Å²) in [5, 5.41) is 0. The second-order valence-electron chi connectivity index (χ2n) is 3.51. The third-order valence-electron chi connectivity index (χ3n) is 2.17. The first-order valence-electron chi connectivity index (χ1n) is 5.05. The summed E-state index contributed by atoms with van der Waals surface area (Å²) < 4.78 is 6.20. The fraction of sp³-hybridized carbons (Fsp3) is 0.417. The minimum atomic E-state index is -0.160. The number of hydrogen-bond acceptors (Lipinski definition) is 2. The maximum atomic E-state index is 11.4. The van der Waals surface area contributed by atoms with Gasteiger partial charge in [-0.05, 0) is 31.0 Å². The van der Waals surface area contributed by atoms with E-state index in [0.717, 1.165) is 16.5 Å². The quantitative estimate of drug-likeness (QED) is 0.785. The molecule has 82 valence electrons. The van der Waals surface area contributed by atoms with Gasteiger partial charge in [-0.15, -0.1) is 0 Å². The Morgan fingerprint density at radius 2 is 2.00 bits per heavy atom. The number of benzene rings is 1. The highest BCUT2D eigenvalue weighted by Gasteiger charge is 2.08. The van der Waals surface area contributed by atoms with E-state index in [2.05, 4.69) is 15.9 Å². The molecule has 0 radical (unpaired) electrons. The molecule has 1 aromatic carbocycles. The van der Waals surface area contributed by atoms with Crippen LogP contribution >= 0.6 is 15.9 Å². The largest absolute Gasteiger partial charge is 0.462 e. The minimum Gasteiger partial charge on any atom is -0.462 e. The van der Waals surface area contributed by atoms with Crippen molar-refractivity contribution in [1.82, 2.24) is 0 Å². The Morgan fingerprint density at radius 3 is 2.53 bits per heavy atom. The maximum Gasteiger partial charge on any atom is 0.310 e. The molecule has 0 bridgehead atoms. The molecule has 0 heterocycles. The molecule has 2 nitrogen and oxygen atoms in total. The Bertz CT molecular complexity index is 319. The van der Waals surface area contributed by atoms with Gasteiger partial charge in [0.1, 0.15) is 0 Å². The average Bonchev–Trinajstić information content (AvgIpc) is 2.21. The highest BCUT2D eigenvalue weighted by Crippen LogP contribution is 2.11. The smallest absolute Gasteiger partial charge is 0.310 e. The number of carbonyl (C=O) groups is 1. The second kappa shape index (κ2) is 5.91. The van der Waals surface area contributed by atoms with Gasteiger partial charge in [0.2, 0.25) is 0 Å². The maximum absolute atomic E-state index is 11.4. The van der Waals surface area contributed by atoms with Crippen LogP contribution in [0, 0.1) is 0 Å². The van der Waals surface area contributed by atoms with Crippen LogP contribution in [0.3, 0.4) is 0 Å². The third-order valence-corrected chi connectivity index (χ3v) is 2.70. The Labute approximate surface area is 98.8 Å².